The van der Waals surface area contributed by atoms with E-state index in [0.29, 0.717) is 44.7 Å². The molecule has 1 aliphatic heterocycles. The molecule has 0 aromatic heterocycles. The summed E-state index contributed by atoms with van der Waals surface area (Å²) in [5.74, 6) is 1.72. The van der Waals surface area contributed by atoms with Crippen LogP contribution in [0.15, 0.2) is 59.1 Å². The summed E-state index contributed by atoms with van der Waals surface area (Å²) in [6.07, 6.45) is 2.63. The fourth-order valence-corrected chi connectivity index (χ4v) is 4.54. The number of rotatable bonds is 6. The molecule has 0 aliphatic carbocycles. The van der Waals surface area contributed by atoms with Crippen molar-refractivity contribution in [1.82, 2.24) is 5.32 Å². The van der Waals surface area contributed by atoms with E-state index >= 15 is 0 Å². The molecule has 1 N–H and O–H groups in total. The van der Waals surface area contributed by atoms with Gasteiger partial charge in [-0.2, -0.15) is 0 Å². The Hall–Kier alpha value is -1.21. The molecular formula is C24H21BrCl2NNaO3. The molecule has 1 amide bonds. The number of nitrogens with one attached hydrogen (secondary N) is 1. The van der Waals surface area contributed by atoms with Gasteiger partial charge in [0.05, 0.1) is 11.6 Å². The average Bonchev–Trinajstić information content (AvgIpc) is 2.78. The van der Waals surface area contributed by atoms with Crippen molar-refractivity contribution in [3.8, 4) is 17.2 Å². The zero-order chi connectivity index (χ0) is 21.8. The average molecular weight is 545 g/mol. The predicted molar refractivity (Wildman–Crippen MR) is 134 cm³/mol. The molecule has 1 heterocycles. The van der Waals surface area contributed by atoms with E-state index < -0.39 is 0 Å². The second-order valence-electron chi connectivity index (χ2n) is 7.20. The van der Waals surface area contributed by atoms with Crippen LogP contribution in [0, 0.1) is 0 Å². The Bertz CT molecular complexity index is 1090. The van der Waals surface area contributed by atoms with Crippen molar-refractivity contribution in [2.75, 3.05) is 13.2 Å². The van der Waals surface area contributed by atoms with Crippen LogP contribution in [-0.2, 0) is 12.8 Å². The molecule has 0 saturated carbocycles. The Labute approximate surface area is 228 Å². The molecule has 3 aromatic rings. The normalized spacial score (nSPS) is 12.2. The predicted octanol–water partition coefficient (Wildman–Crippen LogP) is 6.20. The van der Waals surface area contributed by atoms with E-state index in [0.717, 1.165) is 36.1 Å². The van der Waals surface area contributed by atoms with Crippen LogP contribution in [0.2, 0.25) is 10.0 Å². The quantitative estimate of drug-likeness (QED) is 0.376. The molecule has 0 fully saturated rings. The Morgan fingerprint density at radius 2 is 1.81 bits per heavy atom. The molecule has 8 heteroatoms. The van der Waals surface area contributed by atoms with Crippen molar-refractivity contribution in [3.05, 3.63) is 85.8 Å². The zero-order valence-electron chi connectivity index (χ0n) is 16.6. The van der Waals surface area contributed by atoms with Crippen LogP contribution in [0.3, 0.4) is 0 Å². The number of benzene rings is 3. The number of halogens is 3. The first-order valence-electron chi connectivity index (χ1n) is 9.95. The first kappa shape index (κ1) is 25.4. The molecule has 4 nitrogen and oxygen atoms in total. The standard InChI is InChI=1S/C24H20BrCl2NO3.Na.H/c25-21-22-17(2-1-13-30-22)14-20(27)23(21)31-19-9-5-16(6-10-19)24(29)28-12-11-15-3-7-18(26)8-4-15;;/h3-10,14H,1-2,11-13H2,(H,28,29);;. The van der Waals surface area contributed by atoms with E-state index in [1.807, 2.05) is 30.3 Å². The first-order chi connectivity index (χ1) is 15.0. The third kappa shape index (κ3) is 6.22. The maximum absolute atomic E-state index is 12.4. The first-order valence-corrected chi connectivity index (χ1v) is 11.5. The summed E-state index contributed by atoms with van der Waals surface area (Å²) in [4.78, 5) is 12.4. The van der Waals surface area contributed by atoms with Crippen LogP contribution in [-0.4, -0.2) is 48.6 Å². The Morgan fingerprint density at radius 1 is 1.09 bits per heavy atom. The van der Waals surface area contributed by atoms with Gasteiger partial charge in [0, 0.05) is 17.1 Å². The molecule has 0 spiro atoms. The molecule has 0 unspecified atom stereocenters. The van der Waals surface area contributed by atoms with Gasteiger partial charge >= 0.3 is 29.6 Å². The molecular weight excluding hydrogens is 524 g/mol. The van der Waals surface area contributed by atoms with Crippen LogP contribution < -0.4 is 14.8 Å². The van der Waals surface area contributed by atoms with Gasteiger partial charge in [-0.25, -0.2) is 0 Å². The number of aryl methyl sites for hydroxylation is 1. The van der Waals surface area contributed by atoms with Gasteiger partial charge in [0.15, 0.2) is 5.75 Å². The van der Waals surface area contributed by atoms with E-state index in [2.05, 4.69) is 21.2 Å². The van der Waals surface area contributed by atoms with Crippen LogP contribution in [0.4, 0.5) is 0 Å². The van der Waals surface area contributed by atoms with Crippen molar-refractivity contribution in [3.63, 3.8) is 0 Å². The van der Waals surface area contributed by atoms with Gasteiger partial charge < -0.3 is 14.8 Å². The van der Waals surface area contributed by atoms with Gasteiger partial charge in [-0.05, 0) is 88.8 Å². The number of amides is 1. The van der Waals surface area contributed by atoms with Gasteiger partial charge in [-0.15, -0.1) is 0 Å². The third-order valence-electron chi connectivity index (χ3n) is 4.99. The summed E-state index contributed by atoms with van der Waals surface area (Å²) in [5, 5.41) is 4.14. The summed E-state index contributed by atoms with van der Waals surface area (Å²) in [6, 6.07) is 16.4. The van der Waals surface area contributed by atoms with Crippen LogP contribution in [0.5, 0.6) is 17.2 Å². The molecule has 0 atom stereocenters. The third-order valence-corrected chi connectivity index (χ3v) is 6.25. The summed E-state index contributed by atoms with van der Waals surface area (Å²) in [7, 11) is 0. The van der Waals surface area contributed by atoms with Crippen LogP contribution in [0.25, 0.3) is 0 Å². The second-order valence-corrected chi connectivity index (χ2v) is 8.84. The fourth-order valence-electron chi connectivity index (χ4n) is 3.37. The van der Waals surface area contributed by atoms with Gasteiger partial charge in [0.25, 0.3) is 5.91 Å². The fraction of sp³-hybridized carbons (Fsp3) is 0.208. The molecule has 0 bridgehead atoms. The number of hydrogen-bond acceptors (Lipinski definition) is 3. The molecule has 32 heavy (non-hydrogen) atoms. The van der Waals surface area contributed by atoms with E-state index in [1.165, 1.54) is 0 Å². The minimum absolute atomic E-state index is 0. The van der Waals surface area contributed by atoms with Crippen molar-refractivity contribution in [1.29, 1.82) is 0 Å². The minimum atomic E-state index is -0.137. The molecule has 4 rings (SSSR count). The van der Waals surface area contributed by atoms with Gasteiger partial charge in [-0.3, -0.25) is 4.79 Å². The zero-order valence-corrected chi connectivity index (χ0v) is 19.7. The van der Waals surface area contributed by atoms with Crippen molar-refractivity contribution in [2.24, 2.45) is 0 Å². The number of ether oxygens (including phenoxy) is 2. The van der Waals surface area contributed by atoms with Crippen LogP contribution >= 0.6 is 39.1 Å². The molecule has 3 aromatic carbocycles. The summed E-state index contributed by atoms with van der Waals surface area (Å²) in [6.45, 7) is 1.21. The summed E-state index contributed by atoms with van der Waals surface area (Å²) >= 11 is 15.9. The number of carbonyl (C=O) groups is 1. The monoisotopic (exact) mass is 543 g/mol. The molecule has 162 valence electrons. The van der Waals surface area contributed by atoms with E-state index in [1.54, 1.807) is 24.3 Å². The molecule has 0 radical (unpaired) electrons. The number of fused-ring (bicyclic) bond motifs is 1. The van der Waals surface area contributed by atoms with E-state index in [-0.39, 0.29) is 35.5 Å². The Balaban J connectivity index is 0.00000289. The van der Waals surface area contributed by atoms with Gasteiger partial charge in [0.2, 0.25) is 0 Å². The van der Waals surface area contributed by atoms with Crippen LogP contribution in [0.1, 0.15) is 27.9 Å². The van der Waals surface area contributed by atoms with E-state index in [9.17, 15) is 4.79 Å². The van der Waals surface area contributed by atoms with E-state index in [4.69, 9.17) is 32.7 Å². The molecule has 0 saturated heterocycles. The number of carbonyl (C=O) groups excluding carboxylic acids is 1. The van der Waals surface area contributed by atoms with Crippen molar-refractivity contribution in [2.45, 2.75) is 19.3 Å². The topological polar surface area (TPSA) is 47.6 Å². The van der Waals surface area contributed by atoms with Crippen molar-refractivity contribution >= 4 is 74.6 Å². The van der Waals surface area contributed by atoms with Gasteiger partial charge in [-0.1, -0.05) is 35.3 Å². The summed E-state index contributed by atoms with van der Waals surface area (Å²) < 4.78 is 12.5. The van der Waals surface area contributed by atoms with Gasteiger partial charge in [0.1, 0.15) is 16.0 Å². The maximum atomic E-state index is 12.4. The Morgan fingerprint density at radius 3 is 2.53 bits per heavy atom. The number of hydrogen-bond donors (Lipinski definition) is 1. The SMILES string of the molecule is O=C(NCCc1ccc(Cl)cc1)c1ccc(Oc2c(Cl)cc3c(c2Br)OCCC3)cc1.[NaH]. The summed E-state index contributed by atoms with van der Waals surface area (Å²) in [5.41, 5.74) is 2.74. The van der Waals surface area contributed by atoms with Crippen molar-refractivity contribution < 1.29 is 14.3 Å². The second kappa shape index (κ2) is 11.8. The molecule has 1 aliphatic rings. The Kier molecular flexibility index (Phi) is 9.35.